The van der Waals surface area contributed by atoms with Gasteiger partial charge >= 0.3 is 0 Å². The van der Waals surface area contributed by atoms with Crippen molar-refractivity contribution in [3.63, 3.8) is 0 Å². The average Bonchev–Trinajstić information content (AvgIpc) is 2.89. The van der Waals surface area contributed by atoms with Crippen LogP contribution in [-0.2, 0) is 10.0 Å². The number of piperidine rings is 1. The van der Waals surface area contributed by atoms with E-state index in [9.17, 15) is 21.6 Å². The zero-order valence-corrected chi connectivity index (χ0v) is 12.0. The first-order valence-corrected chi connectivity index (χ1v) is 8.22. The van der Waals surface area contributed by atoms with Gasteiger partial charge in [-0.1, -0.05) is 0 Å². The van der Waals surface area contributed by atoms with Gasteiger partial charge in [0.1, 0.15) is 4.90 Å². The molecule has 2 atom stereocenters. The van der Waals surface area contributed by atoms with Crippen LogP contribution in [0.25, 0.3) is 0 Å². The molecule has 1 aromatic rings. The highest BCUT2D eigenvalue weighted by atomic mass is 32.2. The van der Waals surface area contributed by atoms with Crippen molar-refractivity contribution in [3.05, 3.63) is 29.6 Å². The molecule has 1 N–H and O–H groups in total. The molecule has 2 saturated heterocycles. The molecule has 2 heterocycles. The lowest BCUT2D eigenvalue weighted by Gasteiger charge is -2.24. The predicted molar refractivity (Wildman–Crippen MR) is 69.6 cm³/mol. The molecule has 0 aromatic heterocycles. The molecule has 2 aliphatic rings. The van der Waals surface area contributed by atoms with Crippen molar-refractivity contribution in [1.82, 2.24) is 9.62 Å². The Hall–Kier alpha value is -1.12. The average molecular weight is 320 g/mol. The highest BCUT2D eigenvalue weighted by molar-refractivity contribution is 7.89. The minimum Gasteiger partial charge on any atom is -0.312 e. The molecular weight excluding hydrogens is 305 g/mol. The van der Waals surface area contributed by atoms with Crippen LogP contribution in [0, 0.1) is 23.4 Å². The van der Waals surface area contributed by atoms with Crippen LogP contribution in [0.2, 0.25) is 0 Å². The van der Waals surface area contributed by atoms with Crippen LogP contribution in [0.15, 0.2) is 17.0 Å². The largest absolute Gasteiger partial charge is 0.312 e. The Morgan fingerprint density at radius 1 is 1.14 bits per heavy atom. The van der Waals surface area contributed by atoms with Crippen molar-refractivity contribution < 1.29 is 21.6 Å². The topological polar surface area (TPSA) is 49.4 Å². The summed E-state index contributed by atoms with van der Waals surface area (Å²) in [5, 5.41) is 3.24. The summed E-state index contributed by atoms with van der Waals surface area (Å²) in [6.45, 7) is 1.33. The molecule has 3 rings (SSSR count). The molecule has 8 heteroatoms. The molecule has 2 fully saturated rings. The summed E-state index contributed by atoms with van der Waals surface area (Å²) in [4.78, 5) is -0.806. The Bertz CT molecular complexity index is 652. The number of rotatable bonds is 2. The summed E-state index contributed by atoms with van der Waals surface area (Å²) in [6.07, 6.45) is 1.87. The van der Waals surface area contributed by atoms with Gasteiger partial charge in [-0.15, -0.1) is 0 Å². The summed E-state index contributed by atoms with van der Waals surface area (Å²) in [7, 11) is -4.16. The Morgan fingerprint density at radius 2 is 1.90 bits per heavy atom. The molecule has 0 radical (unpaired) electrons. The first-order chi connectivity index (χ1) is 9.91. The monoisotopic (exact) mass is 320 g/mol. The van der Waals surface area contributed by atoms with Crippen molar-refractivity contribution >= 4 is 10.0 Å². The van der Waals surface area contributed by atoms with Gasteiger partial charge in [0.25, 0.3) is 0 Å². The molecule has 0 aliphatic carbocycles. The number of halogens is 3. The summed E-state index contributed by atoms with van der Waals surface area (Å²) in [6, 6.07) is 1.45. The molecule has 0 unspecified atom stereocenters. The van der Waals surface area contributed by atoms with Gasteiger partial charge in [-0.25, -0.2) is 21.6 Å². The van der Waals surface area contributed by atoms with Crippen LogP contribution >= 0.6 is 0 Å². The second-order valence-electron chi connectivity index (χ2n) is 5.46. The van der Waals surface area contributed by atoms with E-state index in [-0.39, 0.29) is 25.0 Å². The van der Waals surface area contributed by atoms with Gasteiger partial charge in [0.2, 0.25) is 10.0 Å². The van der Waals surface area contributed by atoms with Gasteiger partial charge in [0.15, 0.2) is 17.5 Å². The highest BCUT2D eigenvalue weighted by Crippen LogP contribution is 2.31. The fourth-order valence-corrected chi connectivity index (χ4v) is 4.63. The van der Waals surface area contributed by atoms with E-state index in [2.05, 4.69) is 5.32 Å². The minimum absolute atomic E-state index is 0.0434. The second kappa shape index (κ2) is 5.26. The Morgan fingerprint density at radius 3 is 2.62 bits per heavy atom. The number of nitrogens with one attached hydrogen (secondary N) is 1. The molecule has 0 amide bonds. The molecule has 1 aromatic carbocycles. The number of hydrogen-bond donors (Lipinski definition) is 1. The Kier molecular flexibility index (Phi) is 3.71. The number of nitrogens with zero attached hydrogens (tertiary/aromatic N) is 1. The Labute approximate surface area is 121 Å². The van der Waals surface area contributed by atoms with Crippen molar-refractivity contribution in [2.24, 2.45) is 5.92 Å². The summed E-state index contributed by atoms with van der Waals surface area (Å²) in [5.74, 6) is -4.63. The van der Waals surface area contributed by atoms with Crippen molar-refractivity contribution in [2.75, 3.05) is 19.6 Å². The molecule has 116 valence electrons. The smallest absolute Gasteiger partial charge is 0.246 e. The third-order valence-electron chi connectivity index (χ3n) is 4.18. The maximum absolute atomic E-state index is 13.7. The van der Waals surface area contributed by atoms with Gasteiger partial charge in [-0.3, -0.25) is 0 Å². The van der Waals surface area contributed by atoms with E-state index in [1.165, 1.54) is 0 Å². The van der Waals surface area contributed by atoms with E-state index < -0.39 is 32.4 Å². The number of sulfonamides is 1. The second-order valence-corrected chi connectivity index (χ2v) is 7.36. The zero-order valence-electron chi connectivity index (χ0n) is 11.2. The molecule has 4 nitrogen and oxygen atoms in total. The lowest BCUT2D eigenvalue weighted by Crippen LogP contribution is -2.41. The lowest BCUT2D eigenvalue weighted by molar-refractivity contribution is 0.339. The quantitative estimate of drug-likeness (QED) is 0.840. The molecule has 2 aliphatic heterocycles. The van der Waals surface area contributed by atoms with Crippen molar-refractivity contribution in [1.29, 1.82) is 0 Å². The van der Waals surface area contributed by atoms with Gasteiger partial charge in [0.05, 0.1) is 0 Å². The van der Waals surface area contributed by atoms with E-state index in [4.69, 9.17) is 0 Å². The van der Waals surface area contributed by atoms with E-state index in [0.29, 0.717) is 6.07 Å². The molecule has 0 bridgehead atoms. The van der Waals surface area contributed by atoms with E-state index >= 15 is 0 Å². The molecule has 0 spiro atoms. The van der Waals surface area contributed by atoms with Gasteiger partial charge < -0.3 is 5.32 Å². The minimum atomic E-state index is -4.16. The lowest BCUT2D eigenvalue weighted by atomic mass is 9.94. The normalized spacial score (nSPS) is 26.8. The van der Waals surface area contributed by atoms with Crippen LogP contribution in [0.1, 0.15) is 12.8 Å². The first kappa shape index (κ1) is 14.8. The summed E-state index contributed by atoms with van der Waals surface area (Å²) in [5.41, 5.74) is 0. The predicted octanol–water partition coefficient (Wildman–Crippen LogP) is 1.48. The molecule has 21 heavy (non-hydrogen) atoms. The van der Waals surface area contributed by atoms with Crippen LogP contribution < -0.4 is 5.32 Å². The van der Waals surface area contributed by atoms with Gasteiger partial charge in [0, 0.05) is 19.1 Å². The van der Waals surface area contributed by atoms with Crippen LogP contribution in [0.3, 0.4) is 0 Å². The highest BCUT2D eigenvalue weighted by Gasteiger charge is 2.41. The van der Waals surface area contributed by atoms with E-state index in [1.807, 2.05) is 0 Å². The SMILES string of the molecule is O=S(=O)(c1ccc(F)c(F)c1F)N1C[C@@H]2CCCN[C@@H]2C1. The third-order valence-corrected chi connectivity index (χ3v) is 6.03. The number of benzene rings is 1. The fourth-order valence-electron chi connectivity index (χ4n) is 3.05. The maximum Gasteiger partial charge on any atom is 0.246 e. The van der Waals surface area contributed by atoms with E-state index in [0.717, 1.165) is 29.8 Å². The van der Waals surface area contributed by atoms with E-state index in [1.54, 1.807) is 0 Å². The third kappa shape index (κ3) is 2.45. The van der Waals surface area contributed by atoms with Gasteiger partial charge in [-0.05, 0) is 37.4 Å². The van der Waals surface area contributed by atoms with Gasteiger partial charge in [-0.2, -0.15) is 4.31 Å². The Balaban J connectivity index is 1.93. The number of fused-ring (bicyclic) bond motifs is 1. The van der Waals surface area contributed by atoms with Crippen molar-refractivity contribution in [2.45, 2.75) is 23.8 Å². The first-order valence-electron chi connectivity index (χ1n) is 6.78. The van der Waals surface area contributed by atoms with Crippen LogP contribution in [0.5, 0.6) is 0 Å². The maximum atomic E-state index is 13.7. The molecular formula is C13H15F3N2O2S. The fraction of sp³-hybridized carbons (Fsp3) is 0.538. The number of hydrogen-bond acceptors (Lipinski definition) is 3. The summed E-state index contributed by atoms with van der Waals surface area (Å²) >= 11 is 0. The zero-order chi connectivity index (χ0) is 15.2. The van der Waals surface area contributed by atoms with Crippen LogP contribution in [-0.4, -0.2) is 38.4 Å². The van der Waals surface area contributed by atoms with Crippen molar-refractivity contribution in [3.8, 4) is 0 Å². The molecule has 0 saturated carbocycles. The summed E-state index contributed by atoms with van der Waals surface area (Å²) < 4.78 is 65.9. The van der Waals surface area contributed by atoms with Crippen LogP contribution in [0.4, 0.5) is 13.2 Å². The standard InChI is InChI=1S/C13H15F3N2O2S/c14-9-3-4-11(13(16)12(9)15)21(19,20)18-6-8-2-1-5-17-10(8)7-18/h3-4,8,10,17H,1-2,5-7H2/t8-,10+/m0/s1.